The first-order valence-electron chi connectivity index (χ1n) is 5.46. The summed E-state index contributed by atoms with van der Waals surface area (Å²) in [5.74, 6) is -0.0395. The van der Waals surface area contributed by atoms with Gasteiger partial charge in [0.05, 0.1) is 0 Å². The molecule has 1 aliphatic rings. The normalized spacial score (nSPS) is 20.5. The molecular weight excluding hydrogens is 259 g/mol. The summed E-state index contributed by atoms with van der Waals surface area (Å²) in [6, 6.07) is 3.52. The van der Waals surface area contributed by atoms with Crippen molar-refractivity contribution in [1.29, 1.82) is 0 Å². The van der Waals surface area contributed by atoms with E-state index in [4.69, 9.17) is 0 Å². The van der Waals surface area contributed by atoms with Crippen molar-refractivity contribution >= 4 is 21.9 Å². The van der Waals surface area contributed by atoms with Gasteiger partial charge in [0.15, 0.2) is 0 Å². The molecule has 1 fully saturated rings. The SMILES string of the molecule is Cc1cc(C)nc(N2CC(S(=O)(=O)F)CC2=O)c1. The Kier molecular flexibility index (Phi) is 3.10. The van der Waals surface area contributed by atoms with E-state index >= 15 is 0 Å². The Balaban J connectivity index is 2.32. The molecule has 1 aliphatic heterocycles. The molecule has 0 saturated carbocycles. The summed E-state index contributed by atoms with van der Waals surface area (Å²) in [5, 5.41) is -1.28. The summed E-state index contributed by atoms with van der Waals surface area (Å²) < 4.78 is 34.5. The first kappa shape index (κ1) is 12.9. The highest BCUT2D eigenvalue weighted by molar-refractivity contribution is 7.87. The molecule has 0 N–H and O–H groups in total. The van der Waals surface area contributed by atoms with Crippen LogP contribution < -0.4 is 4.90 Å². The lowest BCUT2D eigenvalue weighted by Crippen LogP contribution is -2.27. The molecule has 1 aromatic rings. The second-order valence-electron chi connectivity index (χ2n) is 4.45. The predicted molar refractivity (Wildman–Crippen MR) is 64.5 cm³/mol. The molecule has 0 radical (unpaired) electrons. The van der Waals surface area contributed by atoms with Gasteiger partial charge in [-0.25, -0.2) is 4.98 Å². The van der Waals surface area contributed by atoms with Gasteiger partial charge in [-0.3, -0.25) is 9.69 Å². The van der Waals surface area contributed by atoms with Crippen LogP contribution >= 0.6 is 0 Å². The maximum absolute atomic E-state index is 12.9. The van der Waals surface area contributed by atoms with Crippen LogP contribution in [0.5, 0.6) is 0 Å². The third-order valence-electron chi connectivity index (χ3n) is 2.85. The molecule has 1 atom stereocenters. The van der Waals surface area contributed by atoms with E-state index in [0.29, 0.717) is 5.82 Å². The molecule has 1 unspecified atom stereocenters. The molecule has 0 spiro atoms. The smallest absolute Gasteiger partial charge is 0.295 e. The number of carbonyl (C=O) groups is 1. The summed E-state index contributed by atoms with van der Waals surface area (Å²) in [6.45, 7) is 3.45. The number of hydrogen-bond donors (Lipinski definition) is 0. The summed E-state index contributed by atoms with van der Waals surface area (Å²) in [6.07, 6.45) is -0.326. The lowest BCUT2D eigenvalue weighted by Gasteiger charge is -2.16. The van der Waals surface area contributed by atoms with Gasteiger partial charge in [-0.05, 0) is 31.5 Å². The minimum atomic E-state index is -4.69. The Labute approximate surface area is 105 Å². The number of pyridine rings is 1. The monoisotopic (exact) mass is 272 g/mol. The summed E-state index contributed by atoms with van der Waals surface area (Å²) in [7, 11) is -4.69. The zero-order valence-corrected chi connectivity index (χ0v) is 10.9. The second-order valence-corrected chi connectivity index (χ2v) is 6.07. The molecule has 98 valence electrons. The van der Waals surface area contributed by atoms with E-state index in [1.54, 1.807) is 13.0 Å². The Morgan fingerprint density at radius 3 is 2.56 bits per heavy atom. The fourth-order valence-electron chi connectivity index (χ4n) is 2.04. The third-order valence-corrected chi connectivity index (χ3v) is 3.96. The molecule has 1 amide bonds. The van der Waals surface area contributed by atoms with Crippen molar-refractivity contribution < 1.29 is 17.1 Å². The Bertz CT molecular complexity index is 580. The van der Waals surface area contributed by atoms with Gasteiger partial charge in [-0.2, -0.15) is 8.42 Å². The van der Waals surface area contributed by atoms with Gasteiger partial charge >= 0.3 is 10.2 Å². The number of hydrogen-bond acceptors (Lipinski definition) is 4. The quantitative estimate of drug-likeness (QED) is 0.756. The third kappa shape index (κ3) is 2.50. The number of rotatable bonds is 2. The van der Waals surface area contributed by atoms with E-state index in [-0.39, 0.29) is 13.0 Å². The van der Waals surface area contributed by atoms with Gasteiger partial charge in [0.25, 0.3) is 0 Å². The Morgan fingerprint density at radius 1 is 1.39 bits per heavy atom. The molecule has 0 aromatic carbocycles. The van der Waals surface area contributed by atoms with E-state index in [1.807, 2.05) is 13.0 Å². The van der Waals surface area contributed by atoms with Gasteiger partial charge < -0.3 is 0 Å². The van der Waals surface area contributed by atoms with Crippen molar-refractivity contribution in [2.75, 3.05) is 11.4 Å². The van der Waals surface area contributed by atoms with Crippen molar-refractivity contribution in [2.24, 2.45) is 0 Å². The van der Waals surface area contributed by atoms with Crippen LogP contribution in [0.1, 0.15) is 17.7 Å². The topological polar surface area (TPSA) is 67.3 Å². The highest BCUT2D eigenvalue weighted by atomic mass is 32.3. The van der Waals surface area contributed by atoms with Crippen LogP contribution in [0.25, 0.3) is 0 Å². The first-order chi connectivity index (χ1) is 8.27. The average molecular weight is 272 g/mol. The van der Waals surface area contributed by atoms with Gasteiger partial charge in [-0.15, -0.1) is 3.89 Å². The highest BCUT2D eigenvalue weighted by Gasteiger charge is 2.39. The lowest BCUT2D eigenvalue weighted by atomic mass is 10.2. The van der Waals surface area contributed by atoms with Gasteiger partial charge in [0, 0.05) is 18.7 Å². The maximum atomic E-state index is 12.9. The number of amides is 1. The van der Waals surface area contributed by atoms with Gasteiger partial charge in [0.2, 0.25) is 5.91 Å². The lowest BCUT2D eigenvalue weighted by molar-refractivity contribution is -0.117. The predicted octanol–water partition coefficient (Wildman–Crippen LogP) is 1.10. The van der Waals surface area contributed by atoms with Crippen molar-refractivity contribution in [3.8, 4) is 0 Å². The molecule has 5 nitrogen and oxygen atoms in total. The van der Waals surface area contributed by atoms with Crippen molar-refractivity contribution in [1.82, 2.24) is 4.98 Å². The van der Waals surface area contributed by atoms with E-state index in [9.17, 15) is 17.1 Å². The zero-order chi connectivity index (χ0) is 13.5. The second kappa shape index (κ2) is 4.31. The molecule has 2 heterocycles. The maximum Gasteiger partial charge on any atom is 0.307 e. The van der Waals surface area contributed by atoms with Crippen LogP contribution in [0, 0.1) is 13.8 Å². The number of nitrogens with zero attached hydrogens (tertiary/aromatic N) is 2. The minimum absolute atomic E-state index is 0.173. The summed E-state index contributed by atoms with van der Waals surface area (Å²) in [4.78, 5) is 17.1. The minimum Gasteiger partial charge on any atom is -0.295 e. The summed E-state index contributed by atoms with van der Waals surface area (Å²) >= 11 is 0. The van der Waals surface area contributed by atoms with Crippen LogP contribution in [-0.4, -0.2) is 31.1 Å². The number of halogens is 1. The summed E-state index contributed by atoms with van der Waals surface area (Å²) in [5.41, 5.74) is 1.64. The van der Waals surface area contributed by atoms with Crippen LogP contribution in [0.2, 0.25) is 0 Å². The number of aromatic nitrogens is 1. The van der Waals surface area contributed by atoms with Crippen LogP contribution in [0.15, 0.2) is 12.1 Å². The van der Waals surface area contributed by atoms with Gasteiger partial charge in [0.1, 0.15) is 11.1 Å². The zero-order valence-electron chi connectivity index (χ0n) is 10.1. The number of aryl methyl sites for hydroxylation is 2. The van der Waals surface area contributed by atoms with Crippen LogP contribution in [0.4, 0.5) is 9.70 Å². The molecule has 18 heavy (non-hydrogen) atoms. The van der Waals surface area contributed by atoms with E-state index in [0.717, 1.165) is 11.3 Å². The van der Waals surface area contributed by atoms with Crippen molar-refractivity contribution in [2.45, 2.75) is 25.5 Å². The fourth-order valence-corrected chi connectivity index (χ4v) is 2.71. The molecule has 2 rings (SSSR count). The van der Waals surface area contributed by atoms with E-state index in [2.05, 4.69) is 4.98 Å². The number of anilines is 1. The molecule has 1 saturated heterocycles. The van der Waals surface area contributed by atoms with Crippen LogP contribution in [-0.2, 0) is 15.0 Å². The Hall–Kier alpha value is -1.50. The van der Waals surface area contributed by atoms with Crippen molar-refractivity contribution in [3.63, 3.8) is 0 Å². The fraction of sp³-hybridized carbons (Fsp3) is 0.455. The molecule has 0 bridgehead atoms. The van der Waals surface area contributed by atoms with Crippen molar-refractivity contribution in [3.05, 3.63) is 23.4 Å². The largest absolute Gasteiger partial charge is 0.307 e. The molecule has 0 aliphatic carbocycles. The molecule has 7 heteroatoms. The Morgan fingerprint density at radius 2 is 2.06 bits per heavy atom. The number of carbonyl (C=O) groups excluding carboxylic acids is 1. The average Bonchev–Trinajstić information content (AvgIpc) is 2.58. The van der Waals surface area contributed by atoms with Crippen LogP contribution in [0.3, 0.4) is 0 Å². The first-order valence-corrected chi connectivity index (χ1v) is 6.91. The highest BCUT2D eigenvalue weighted by Crippen LogP contribution is 2.25. The molecule has 1 aromatic heterocycles. The van der Waals surface area contributed by atoms with E-state index in [1.165, 1.54) is 4.90 Å². The standard InChI is InChI=1S/C11H13FN2O3S/c1-7-3-8(2)13-10(4-7)14-6-9(5-11(14)15)18(12,16)17/h3-4,9H,5-6H2,1-2H3. The van der Waals surface area contributed by atoms with Gasteiger partial charge in [-0.1, -0.05) is 0 Å². The van der Waals surface area contributed by atoms with E-state index < -0.39 is 21.4 Å². The molecular formula is C11H13FN2O3S.